The predicted molar refractivity (Wildman–Crippen MR) is 307 cm³/mol. The van der Waals surface area contributed by atoms with Crippen LogP contribution < -0.4 is 0 Å². The van der Waals surface area contributed by atoms with Crippen molar-refractivity contribution in [3.05, 3.63) is 229 Å². The minimum Gasteiger partial charge on any atom is -0.507 e. The number of hydrogen-bond acceptors (Lipinski definition) is 3. The van der Waals surface area contributed by atoms with E-state index in [1.807, 2.05) is 42.6 Å². The molecule has 376 valence electrons. The maximum atomic E-state index is 11.9. The smallest absolute Gasteiger partial charge is 0.148 e. The van der Waals surface area contributed by atoms with Crippen molar-refractivity contribution >= 4 is 11.0 Å². The van der Waals surface area contributed by atoms with Gasteiger partial charge in [0, 0.05) is 41.3 Å². The zero-order valence-electron chi connectivity index (χ0n) is 45.1. The molecular weight excluding hydrogens is 1090 g/mol. The summed E-state index contributed by atoms with van der Waals surface area (Å²) < 4.78 is 21.1. The van der Waals surface area contributed by atoms with Crippen LogP contribution in [0.5, 0.6) is 5.75 Å². The fourth-order valence-electron chi connectivity index (χ4n) is 11.6. The molecule has 12 rings (SSSR count). The molecule has 2 aromatic heterocycles. The van der Waals surface area contributed by atoms with Crippen LogP contribution in [0.4, 0.5) is 0 Å². The number of para-hydroxylation sites is 1. The predicted octanol–water partition coefficient (Wildman–Crippen LogP) is 18.4. The fourth-order valence-corrected chi connectivity index (χ4v) is 11.6. The number of aromatic nitrogens is 3. The van der Waals surface area contributed by atoms with Gasteiger partial charge >= 0.3 is 0 Å². The number of hydrogen-bond donors (Lipinski definition) is 1. The van der Waals surface area contributed by atoms with Gasteiger partial charge in [0.25, 0.3) is 0 Å². The quantitative estimate of drug-likeness (QED) is 0.131. The molecule has 2 heterocycles. The molecule has 4 nitrogen and oxygen atoms in total. The van der Waals surface area contributed by atoms with Crippen molar-refractivity contribution in [2.24, 2.45) is 5.92 Å². The summed E-state index contributed by atoms with van der Waals surface area (Å²) in [6.07, 6.45) is 10.7. The Bertz CT molecular complexity index is 3700. The van der Waals surface area contributed by atoms with Gasteiger partial charge in [0.15, 0.2) is 0 Å². The molecule has 0 unspecified atom stereocenters. The molecule has 5 heteroatoms. The molecule has 10 aromatic rings. The van der Waals surface area contributed by atoms with Gasteiger partial charge < -0.3 is 5.11 Å². The third-order valence-electron chi connectivity index (χ3n) is 15.7. The molecule has 1 N–H and O–H groups in total. The largest absolute Gasteiger partial charge is 0.507 e. The van der Waals surface area contributed by atoms with Gasteiger partial charge in [-0.1, -0.05) is 209 Å². The Hall–Kier alpha value is -7.13. The zero-order chi connectivity index (χ0) is 52.0. The van der Waals surface area contributed by atoms with Crippen molar-refractivity contribution in [3.8, 4) is 78.6 Å². The molecule has 2 saturated carbocycles. The van der Waals surface area contributed by atoms with E-state index < -0.39 is 11.8 Å². The summed E-state index contributed by atoms with van der Waals surface area (Å²) in [5.74, 6) is 0.166. The van der Waals surface area contributed by atoms with Crippen molar-refractivity contribution in [1.82, 2.24) is 14.5 Å². The van der Waals surface area contributed by atoms with Crippen LogP contribution in [-0.4, -0.2) is 19.6 Å². The summed E-state index contributed by atoms with van der Waals surface area (Å²) in [6.45, 7) is 6.61. The van der Waals surface area contributed by atoms with Crippen LogP contribution in [0.15, 0.2) is 200 Å². The Morgan fingerprint density at radius 2 is 1.20 bits per heavy atom. The number of imidazole rings is 1. The Labute approximate surface area is 460 Å². The number of benzene rings is 8. The van der Waals surface area contributed by atoms with Gasteiger partial charge in [-0.3, -0.25) is 9.55 Å². The Kier molecular flexibility index (Phi) is 13.7. The van der Waals surface area contributed by atoms with Gasteiger partial charge in [0.2, 0.25) is 0 Å². The molecule has 0 atom stereocenters. The van der Waals surface area contributed by atoms with Gasteiger partial charge in [-0.15, -0.1) is 23.8 Å². The maximum Gasteiger partial charge on any atom is 0.148 e. The van der Waals surface area contributed by atoms with Crippen molar-refractivity contribution in [2.75, 3.05) is 0 Å². The van der Waals surface area contributed by atoms with E-state index in [9.17, 15) is 7.85 Å². The molecular formula is C70H64N3OPt-. The van der Waals surface area contributed by atoms with Crippen LogP contribution in [0, 0.1) is 12.0 Å². The zero-order valence-corrected chi connectivity index (χ0v) is 45.4. The van der Waals surface area contributed by atoms with E-state index in [1.165, 1.54) is 31.2 Å². The van der Waals surface area contributed by atoms with E-state index >= 15 is 0 Å². The summed E-state index contributed by atoms with van der Waals surface area (Å²) in [7, 11) is 0. The van der Waals surface area contributed by atoms with Crippen molar-refractivity contribution < 1.29 is 28.9 Å². The van der Waals surface area contributed by atoms with Crippen LogP contribution in [0.3, 0.4) is 0 Å². The second-order valence-corrected chi connectivity index (χ2v) is 21.6. The molecule has 2 fully saturated rings. The first kappa shape index (κ1) is 47.6. The van der Waals surface area contributed by atoms with Gasteiger partial charge in [0.05, 0.1) is 22.3 Å². The van der Waals surface area contributed by atoms with Gasteiger partial charge in [-0.05, 0) is 136 Å². The third kappa shape index (κ3) is 10.5. The SMILES string of the molecule is [2H]C1(c2ccccc2)CCC([2H])(c2ccc(-c3ccnc(-c4[c-]c(-c5cccc6c5nc(-c5cc(C(C)(C)C)ccc5O)n6-c5ccc(CC6CCCC6)cc5-c5ccccc5)cc(-c5ccccc5)c4)c3)cc2)CC1.[Pt]. The van der Waals surface area contributed by atoms with Crippen molar-refractivity contribution in [3.63, 3.8) is 0 Å². The second-order valence-electron chi connectivity index (χ2n) is 21.6. The van der Waals surface area contributed by atoms with E-state index in [4.69, 9.17) is 9.97 Å². The molecule has 0 bridgehead atoms. The second kappa shape index (κ2) is 21.6. The van der Waals surface area contributed by atoms with Crippen LogP contribution in [0.25, 0.3) is 83.9 Å². The standard InChI is InChI=1S/C70H64N3O.Pt/c1-70(2,3)60-35-37-67(74)63(46-60)69-72-68-61(24-15-25-66(68)73(69)65-36-26-48(40-47-16-13-14-17-47)41-62(65)55-22-11-6-12-23-55)58-42-57(50-20-9-5-10-21-50)43-59(44-58)64-45-56(38-39-71-64)54-33-31-53(32-34-54)52-29-27-51(28-30-52)49-18-7-4-8-19-49;/h4-12,15,18-26,31-39,41-43,45-47,51-52,74H,13-14,16-17,27-30,40H2,1-3H3;/q-1;/i51D,52D;. The molecule has 2 aliphatic carbocycles. The van der Waals surface area contributed by atoms with Gasteiger partial charge in [-0.2, -0.15) is 0 Å². The fraction of sp³-hybridized carbons (Fsp3) is 0.229. The molecule has 8 aromatic carbocycles. The summed E-state index contributed by atoms with van der Waals surface area (Å²) in [4.78, 5) is 10.6. The first-order valence-corrected chi connectivity index (χ1v) is 26.7. The third-order valence-corrected chi connectivity index (χ3v) is 15.7. The summed E-state index contributed by atoms with van der Waals surface area (Å²) in [5.41, 5.74) is 17.7. The van der Waals surface area contributed by atoms with E-state index in [0.29, 0.717) is 43.0 Å². The van der Waals surface area contributed by atoms with E-state index in [2.05, 4.69) is 189 Å². The Balaban J connectivity index is 0.00000631. The first-order valence-electron chi connectivity index (χ1n) is 27.7. The number of rotatable bonds is 11. The molecule has 0 amide bonds. The number of phenols is 1. The Morgan fingerprint density at radius 1 is 0.560 bits per heavy atom. The topological polar surface area (TPSA) is 50.9 Å². The average molecular weight is 1160 g/mol. The van der Waals surface area contributed by atoms with Crippen LogP contribution in [0.2, 0.25) is 0 Å². The van der Waals surface area contributed by atoms with E-state index in [1.54, 1.807) is 0 Å². The average Bonchev–Trinajstić information content (AvgIpc) is 4.14. The van der Waals surface area contributed by atoms with Crippen LogP contribution in [0.1, 0.15) is 109 Å². The number of aromatic hydroxyl groups is 1. The number of phenolic OH excluding ortho intramolecular Hbond substituents is 1. The van der Waals surface area contributed by atoms with E-state index in [-0.39, 0.29) is 32.2 Å². The molecule has 2 aliphatic rings. The molecule has 0 spiro atoms. The summed E-state index contributed by atoms with van der Waals surface area (Å²) in [5, 5.41) is 11.9. The monoisotopic (exact) mass is 1160 g/mol. The summed E-state index contributed by atoms with van der Waals surface area (Å²) >= 11 is 0. The maximum absolute atomic E-state index is 11.9. The minimum absolute atomic E-state index is 0. The summed E-state index contributed by atoms with van der Waals surface area (Å²) in [6, 6.07) is 71.6. The van der Waals surface area contributed by atoms with Crippen molar-refractivity contribution in [1.29, 1.82) is 0 Å². The molecule has 0 radical (unpaired) electrons. The van der Waals surface area contributed by atoms with Crippen molar-refractivity contribution in [2.45, 2.75) is 95.8 Å². The molecule has 75 heavy (non-hydrogen) atoms. The first-order chi connectivity index (χ1) is 36.9. The number of pyridine rings is 1. The minimum atomic E-state index is -0.732. The van der Waals surface area contributed by atoms with E-state index in [0.717, 1.165) is 95.6 Å². The Morgan fingerprint density at radius 3 is 1.89 bits per heavy atom. The van der Waals surface area contributed by atoms with Crippen LogP contribution in [-0.2, 0) is 32.9 Å². The normalized spacial score (nSPS) is 18.3. The number of fused-ring (bicyclic) bond motifs is 1. The number of nitrogens with zero attached hydrogens (tertiary/aromatic N) is 3. The molecule has 0 saturated heterocycles. The van der Waals surface area contributed by atoms with Gasteiger partial charge in [0.1, 0.15) is 11.6 Å². The van der Waals surface area contributed by atoms with Gasteiger partial charge in [-0.25, -0.2) is 4.98 Å². The van der Waals surface area contributed by atoms with Crippen LogP contribution >= 0.6 is 0 Å². The molecule has 0 aliphatic heterocycles.